The number of amidine groups is 1. The van der Waals surface area contributed by atoms with Crippen LogP contribution in [-0.2, 0) is 6.54 Å². The molecule has 3 N–H and O–H groups in total. The normalized spacial score (nSPS) is 10.0. The number of aromatic nitrogens is 2. The van der Waals surface area contributed by atoms with Gasteiger partial charge in [0.05, 0.1) is 12.2 Å². The van der Waals surface area contributed by atoms with Crippen molar-refractivity contribution in [1.29, 1.82) is 5.41 Å². The van der Waals surface area contributed by atoms with Gasteiger partial charge in [-0.05, 0) is 12.8 Å². The van der Waals surface area contributed by atoms with Crippen molar-refractivity contribution in [2.24, 2.45) is 5.73 Å². The zero-order valence-corrected chi connectivity index (χ0v) is 7.03. The van der Waals surface area contributed by atoms with Crippen LogP contribution in [0.1, 0.15) is 19.3 Å². The molecule has 66 valence electrons. The van der Waals surface area contributed by atoms with E-state index < -0.39 is 0 Å². The van der Waals surface area contributed by atoms with Crippen molar-refractivity contribution in [3.05, 3.63) is 18.7 Å². The SMILES string of the molecule is N=C(N)CCCCn1ccnc1. The average Bonchev–Trinajstić information content (AvgIpc) is 2.49. The summed E-state index contributed by atoms with van der Waals surface area (Å²) >= 11 is 0. The Balaban J connectivity index is 2.07. The highest BCUT2D eigenvalue weighted by Gasteiger charge is 1.92. The van der Waals surface area contributed by atoms with Gasteiger partial charge in [0.15, 0.2) is 0 Å². The van der Waals surface area contributed by atoms with E-state index in [1.54, 1.807) is 12.5 Å². The molecule has 0 aromatic carbocycles. The van der Waals surface area contributed by atoms with E-state index in [9.17, 15) is 0 Å². The van der Waals surface area contributed by atoms with Gasteiger partial charge in [-0.15, -0.1) is 0 Å². The van der Waals surface area contributed by atoms with Crippen LogP contribution in [0.3, 0.4) is 0 Å². The molecule has 1 heterocycles. The molecule has 1 aromatic heterocycles. The highest BCUT2D eigenvalue weighted by atomic mass is 15.0. The number of nitrogens with zero attached hydrogens (tertiary/aromatic N) is 2. The van der Waals surface area contributed by atoms with Gasteiger partial charge in [-0.25, -0.2) is 4.98 Å². The minimum Gasteiger partial charge on any atom is -0.388 e. The van der Waals surface area contributed by atoms with Gasteiger partial charge in [-0.3, -0.25) is 5.41 Å². The number of aryl methyl sites for hydroxylation is 1. The molecule has 4 heteroatoms. The molecule has 0 saturated heterocycles. The van der Waals surface area contributed by atoms with E-state index in [1.807, 2.05) is 10.8 Å². The first-order chi connectivity index (χ1) is 5.79. The van der Waals surface area contributed by atoms with Crippen molar-refractivity contribution in [2.75, 3.05) is 0 Å². The third-order valence-corrected chi connectivity index (χ3v) is 1.67. The molecule has 4 nitrogen and oxygen atoms in total. The first-order valence-electron chi connectivity index (χ1n) is 4.07. The maximum Gasteiger partial charge on any atom is 0.0945 e. The van der Waals surface area contributed by atoms with Crippen LogP contribution < -0.4 is 5.73 Å². The minimum atomic E-state index is 0.278. The lowest BCUT2D eigenvalue weighted by Gasteiger charge is -2.00. The maximum atomic E-state index is 7.01. The van der Waals surface area contributed by atoms with Crippen molar-refractivity contribution in [1.82, 2.24) is 9.55 Å². The van der Waals surface area contributed by atoms with E-state index in [0.29, 0.717) is 6.42 Å². The maximum absolute atomic E-state index is 7.01. The van der Waals surface area contributed by atoms with Crippen LogP contribution in [0.2, 0.25) is 0 Å². The molecule has 0 aliphatic rings. The van der Waals surface area contributed by atoms with Crippen LogP contribution >= 0.6 is 0 Å². The number of rotatable bonds is 5. The molecule has 0 saturated carbocycles. The molecule has 0 spiro atoms. The monoisotopic (exact) mass is 166 g/mol. The standard InChI is InChI=1S/C8H14N4/c9-8(10)3-1-2-5-12-6-4-11-7-12/h4,6-7H,1-3,5H2,(H3,9,10). The molecule has 1 aromatic rings. The van der Waals surface area contributed by atoms with E-state index in [4.69, 9.17) is 11.1 Å². The molecular formula is C8H14N4. The fourth-order valence-corrected chi connectivity index (χ4v) is 1.03. The number of nitrogens with two attached hydrogens (primary N) is 1. The molecular weight excluding hydrogens is 152 g/mol. The quantitative estimate of drug-likeness (QED) is 0.389. The summed E-state index contributed by atoms with van der Waals surface area (Å²) < 4.78 is 2.03. The number of hydrogen-bond donors (Lipinski definition) is 2. The Morgan fingerprint density at radius 1 is 1.50 bits per heavy atom. The summed E-state index contributed by atoms with van der Waals surface area (Å²) in [7, 11) is 0. The van der Waals surface area contributed by atoms with Crippen molar-refractivity contribution in [2.45, 2.75) is 25.8 Å². The van der Waals surface area contributed by atoms with Crippen LogP contribution in [0.5, 0.6) is 0 Å². The number of hydrogen-bond acceptors (Lipinski definition) is 2. The summed E-state index contributed by atoms with van der Waals surface area (Å²) in [5.41, 5.74) is 5.22. The van der Waals surface area contributed by atoms with Crippen LogP contribution in [0, 0.1) is 5.41 Å². The molecule has 0 amide bonds. The summed E-state index contributed by atoms with van der Waals surface area (Å²) in [6, 6.07) is 0. The number of unbranched alkanes of at least 4 members (excludes halogenated alkanes) is 1. The van der Waals surface area contributed by atoms with Gasteiger partial charge in [0.25, 0.3) is 0 Å². The fraction of sp³-hybridized carbons (Fsp3) is 0.500. The van der Waals surface area contributed by atoms with Gasteiger partial charge in [-0.2, -0.15) is 0 Å². The summed E-state index contributed by atoms with van der Waals surface area (Å²) in [4.78, 5) is 3.93. The predicted octanol–water partition coefficient (Wildman–Crippen LogP) is 0.989. The van der Waals surface area contributed by atoms with Crippen molar-refractivity contribution < 1.29 is 0 Å². The Morgan fingerprint density at radius 2 is 2.33 bits per heavy atom. The Kier molecular flexibility index (Phi) is 3.32. The summed E-state index contributed by atoms with van der Waals surface area (Å²) in [5, 5.41) is 7.01. The van der Waals surface area contributed by atoms with Crippen LogP contribution in [-0.4, -0.2) is 15.4 Å². The van der Waals surface area contributed by atoms with Gasteiger partial charge >= 0.3 is 0 Å². The topological polar surface area (TPSA) is 67.7 Å². The zero-order valence-electron chi connectivity index (χ0n) is 7.03. The third-order valence-electron chi connectivity index (χ3n) is 1.67. The van der Waals surface area contributed by atoms with Crippen LogP contribution in [0.25, 0.3) is 0 Å². The summed E-state index contributed by atoms with van der Waals surface area (Å²) in [6.07, 6.45) is 8.24. The summed E-state index contributed by atoms with van der Waals surface area (Å²) in [5.74, 6) is 0.278. The lowest BCUT2D eigenvalue weighted by atomic mass is 10.2. The molecule has 0 atom stereocenters. The Bertz CT molecular complexity index is 227. The lowest BCUT2D eigenvalue weighted by molar-refractivity contribution is 0.618. The lowest BCUT2D eigenvalue weighted by Crippen LogP contribution is -2.09. The molecule has 0 bridgehead atoms. The van der Waals surface area contributed by atoms with Gasteiger partial charge in [0.2, 0.25) is 0 Å². The Hall–Kier alpha value is -1.32. The highest BCUT2D eigenvalue weighted by molar-refractivity contribution is 5.76. The Morgan fingerprint density at radius 3 is 2.92 bits per heavy atom. The second-order valence-corrected chi connectivity index (χ2v) is 2.78. The van der Waals surface area contributed by atoms with Crippen molar-refractivity contribution in [3.63, 3.8) is 0 Å². The summed E-state index contributed by atoms with van der Waals surface area (Å²) in [6.45, 7) is 0.966. The van der Waals surface area contributed by atoms with E-state index in [2.05, 4.69) is 4.98 Å². The number of nitrogens with one attached hydrogen (secondary N) is 1. The molecule has 12 heavy (non-hydrogen) atoms. The fourth-order valence-electron chi connectivity index (χ4n) is 1.03. The molecule has 0 radical (unpaired) electrons. The predicted molar refractivity (Wildman–Crippen MR) is 48.0 cm³/mol. The van der Waals surface area contributed by atoms with Crippen molar-refractivity contribution >= 4 is 5.84 Å². The minimum absolute atomic E-state index is 0.278. The van der Waals surface area contributed by atoms with Gasteiger partial charge in [0.1, 0.15) is 0 Å². The third kappa shape index (κ3) is 3.18. The average molecular weight is 166 g/mol. The molecule has 0 aliphatic carbocycles. The smallest absolute Gasteiger partial charge is 0.0945 e. The van der Waals surface area contributed by atoms with E-state index in [1.165, 1.54) is 0 Å². The Labute approximate surface area is 71.9 Å². The van der Waals surface area contributed by atoms with Crippen molar-refractivity contribution in [3.8, 4) is 0 Å². The van der Waals surface area contributed by atoms with Crippen LogP contribution in [0.4, 0.5) is 0 Å². The van der Waals surface area contributed by atoms with Gasteiger partial charge in [0, 0.05) is 25.4 Å². The van der Waals surface area contributed by atoms with Gasteiger partial charge < -0.3 is 10.3 Å². The first-order valence-corrected chi connectivity index (χ1v) is 4.07. The molecule has 0 fully saturated rings. The molecule has 0 unspecified atom stereocenters. The molecule has 1 rings (SSSR count). The van der Waals surface area contributed by atoms with E-state index >= 15 is 0 Å². The zero-order chi connectivity index (χ0) is 8.81. The van der Waals surface area contributed by atoms with Crippen LogP contribution in [0.15, 0.2) is 18.7 Å². The second-order valence-electron chi connectivity index (χ2n) is 2.78. The van der Waals surface area contributed by atoms with Gasteiger partial charge in [-0.1, -0.05) is 0 Å². The highest BCUT2D eigenvalue weighted by Crippen LogP contribution is 1.97. The van der Waals surface area contributed by atoms with E-state index in [0.717, 1.165) is 19.4 Å². The number of imidazole rings is 1. The first kappa shape index (κ1) is 8.77. The van der Waals surface area contributed by atoms with E-state index in [-0.39, 0.29) is 5.84 Å². The largest absolute Gasteiger partial charge is 0.388 e. The molecule has 0 aliphatic heterocycles. The second kappa shape index (κ2) is 4.54.